The molecule has 0 aliphatic carbocycles. The van der Waals surface area contributed by atoms with Crippen molar-refractivity contribution >= 4 is 5.91 Å². The summed E-state index contributed by atoms with van der Waals surface area (Å²) < 4.78 is 37.5. The normalized spacial score (nSPS) is 17.2. The number of rotatable bonds is 1. The maximum absolute atomic E-state index is 12.5. The summed E-state index contributed by atoms with van der Waals surface area (Å²) in [6.45, 7) is 1.85. The first-order valence-corrected chi connectivity index (χ1v) is 4.98. The van der Waals surface area contributed by atoms with Crippen molar-refractivity contribution in [2.24, 2.45) is 0 Å². The monoisotopic (exact) mass is 249 g/mol. The Morgan fingerprint density at radius 3 is 2.47 bits per heavy atom. The van der Waals surface area contributed by atoms with E-state index in [1.165, 1.54) is 4.90 Å². The van der Waals surface area contributed by atoms with Gasteiger partial charge in [-0.25, -0.2) is 0 Å². The predicted molar refractivity (Wildman–Crippen MR) is 50.2 cm³/mol. The summed E-state index contributed by atoms with van der Waals surface area (Å²) in [7, 11) is 0. The second-order valence-corrected chi connectivity index (χ2v) is 3.56. The smallest absolute Gasteiger partial charge is 0.335 e. The van der Waals surface area contributed by atoms with Crippen LogP contribution in [0, 0.1) is 0 Å². The number of H-pyrrole nitrogens is 1. The van der Waals surface area contributed by atoms with Crippen molar-refractivity contribution in [2.45, 2.75) is 6.18 Å². The summed E-state index contributed by atoms with van der Waals surface area (Å²) in [6, 6.07) is 0. The van der Waals surface area contributed by atoms with Crippen molar-refractivity contribution in [3.63, 3.8) is 0 Å². The zero-order chi connectivity index (χ0) is 12.5. The average molecular weight is 249 g/mol. The molecule has 2 rings (SSSR count). The molecule has 1 aliphatic rings. The topological polar surface area (TPSA) is 73.9 Å². The number of halogens is 3. The molecule has 6 nitrogen and oxygen atoms in total. The first-order valence-electron chi connectivity index (χ1n) is 4.98. The number of carbonyl (C=O) groups is 1. The molecule has 2 N–H and O–H groups in total. The van der Waals surface area contributed by atoms with Crippen LogP contribution >= 0.6 is 0 Å². The average Bonchev–Trinajstić information content (AvgIpc) is 2.78. The Bertz CT molecular complexity index is 410. The highest BCUT2D eigenvalue weighted by Crippen LogP contribution is 2.29. The van der Waals surface area contributed by atoms with Gasteiger partial charge in [0.25, 0.3) is 5.91 Å². The lowest BCUT2D eigenvalue weighted by Crippen LogP contribution is -2.46. The van der Waals surface area contributed by atoms with Crippen LogP contribution < -0.4 is 5.32 Å². The third-order valence-electron chi connectivity index (χ3n) is 2.42. The first-order chi connectivity index (χ1) is 8.00. The molecule has 0 atom stereocenters. The van der Waals surface area contributed by atoms with Gasteiger partial charge in [-0.1, -0.05) is 0 Å². The van der Waals surface area contributed by atoms with E-state index in [4.69, 9.17) is 0 Å². The Labute approximate surface area is 94.2 Å². The molecule has 9 heteroatoms. The number of carbonyl (C=O) groups excluding carboxylic acids is 1. The van der Waals surface area contributed by atoms with Crippen molar-refractivity contribution in [3.8, 4) is 0 Å². The summed E-state index contributed by atoms with van der Waals surface area (Å²) in [5.41, 5.74) is -1.93. The number of alkyl halides is 3. The lowest BCUT2D eigenvalue weighted by Gasteiger charge is -2.26. The van der Waals surface area contributed by atoms with E-state index in [1.807, 2.05) is 5.21 Å². The Hall–Kier alpha value is -1.64. The van der Waals surface area contributed by atoms with Crippen LogP contribution in [0.5, 0.6) is 0 Å². The van der Waals surface area contributed by atoms with Crippen molar-refractivity contribution in [2.75, 3.05) is 26.2 Å². The zero-order valence-electron chi connectivity index (χ0n) is 8.71. The maximum Gasteiger partial charge on any atom is 0.437 e. The molecular formula is C8H10F3N5O. The maximum atomic E-state index is 12.5. The molecule has 0 bridgehead atoms. The standard InChI is InChI=1S/C8H10F3N5O/c9-8(10,11)6-5(13-15-14-6)7(17)16-3-1-12-2-4-16/h12H,1-4H2,(H,13,14,15). The second kappa shape index (κ2) is 4.32. The Morgan fingerprint density at radius 1 is 1.24 bits per heavy atom. The van der Waals surface area contributed by atoms with Crippen molar-refractivity contribution in [3.05, 3.63) is 11.4 Å². The van der Waals surface area contributed by atoms with Crippen LogP contribution in [0.3, 0.4) is 0 Å². The van der Waals surface area contributed by atoms with Crippen molar-refractivity contribution in [1.29, 1.82) is 0 Å². The van der Waals surface area contributed by atoms with Crippen LogP contribution in [-0.2, 0) is 6.18 Å². The van der Waals surface area contributed by atoms with Crippen molar-refractivity contribution in [1.82, 2.24) is 25.6 Å². The highest BCUT2D eigenvalue weighted by Gasteiger charge is 2.40. The third kappa shape index (κ3) is 2.38. The molecule has 0 saturated carbocycles. The highest BCUT2D eigenvalue weighted by molar-refractivity contribution is 5.93. The SMILES string of the molecule is O=C(c1n[nH]nc1C(F)(F)F)N1CCNCC1. The van der Waals surface area contributed by atoms with Crippen LogP contribution in [0.1, 0.15) is 16.2 Å². The number of piperazine rings is 1. The molecule has 1 aromatic rings. The summed E-state index contributed by atoms with van der Waals surface area (Å²) in [5.74, 6) is -0.743. The van der Waals surface area contributed by atoms with E-state index >= 15 is 0 Å². The summed E-state index contributed by atoms with van der Waals surface area (Å²) in [5, 5.41) is 11.1. The molecule has 0 spiro atoms. The third-order valence-corrected chi connectivity index (χ3v) is 2.42. The van der Waals surface area contributed by atoms with Crippen molar-refractivity contribution < 1.29 is 18.0 Å². The molecule has 1 saturated heterocycles. The number of aromatic nitrogens is 3. The quantitative estimate of drug-likeness (QED) is 0.727. The van der Waals surface area contributed by atoms with Gasteiger partial charge in [-0.15, -0.1) is 0 Å². The summed E-state index contributed by atoms with van der Waals surface area (Å²) in [6.07, 6.45) is -4.67. The number of nitrogens with zero attached hydrogens (tertiary/aromatic N) is 3. The van der Waals surface area contributed by atoms with Gasteiger partial charge >= 0.3 is 6.18 Å². The molecule has 17 heavy (non-hydrogen) atoms. The lowest BCUT2D eigenvalue weighted by atomic mass is 10.2. The van der Waals surface area contributed by atoms with Crippen LogP contribution in [-0.4, -0.2) is 52.4 Å². The van der Waals surface area contributed by atoms with E-state index in [0.717, 1.165) is 0 Å². The van der Waals surface area contributed by atoms with E-state index in [9.17, 15) is 18.0 Å². The number of amides is 1. The van der Waals surface area contributed by atoms with Crippen LogP contribution in [0.2, 0.25) is 0 Å². The van der Waals surface area contributed by atoms with Gasteiger partial charge in [0.15, 0.2) is 11.4 Å². The predicted octanol–water partition coefficient (Wildman–Crippen LogP) is -0.131. The molecule has 1 aromatic heterocycles. The number of nitrogens with one attached hydrogen (secondary N) is 2. The molecule has 94 valence electrons. The fraction of sp³-hybridized carbons (Fsp3) is 0.625. The van der Waals surface area contributed by atoms with E-state index in [0.29, 0.717) is 26.2 Å². The van der Waals surface area contributed by atoms with Gasteiger partial charge < -0.3 is 10.2 Å². The summed E-state index contributed by atoms with van der Waals surface area (Å²) in [4.78, 5) is 13.1. The minimum atomic E-state index is -4.67. The number of hydrogen-bond donors (Lipinski definition) is 2. The minimum Gasteiger partial charge on any atom is -0.335 e. The van der Waals surface area contributed by atoms with Gasteiger partial charge in [-0.05, 0) is 0 Å². The van der Waals surface area contributed by atoms with Gasteiger partial charge in [-0.3, -0.25) is 4.79 Å². The van der Waals surface area contributed by atoms with Crippen LogP contribution in [0.15, 0.2) is 0 Å². The molecule has 1 amide bonds. The molecule has 1 fully saturated rings. The lowest BCUT2D eigenvalue weighted by molar-refractivity contribution is -0.141. The van der Waals surface area contributed by atoms with Crippen LogP contribution in [0.25, 0.3) is 0 Å². The highest BCUT2D eigenvalue weighted by atomic mass is 19.4. The minimum absolute atomic E-state index is 0.364. The van der Waals surface area contributed by atoms with Gasteiger partial charge in [0.2, 0.25) is 0 Å². The van der Waals surface area contributed by atoms with Crippen LogP contribution in [0.4, 0.5) is 13.2 Å². The number of aromatic amines is 1. The van der Waals surface area contributed by atoms with E-state index in [-0.39, 0.29) is 0 Å². The van der Waals surface area contributed by atoms with Gasteiger partial charge in [0.1, 0.15) is 0 Å². The number of hydrogen-bond acceptors (Lipinski definition) is 4. The molecule has 1 aliphatic heterocycles. The molecule has 2 heterocycles. The fourth-order valence-corrected chi connectivity index (χ4v) is 1.60. The Morgan fingerprint density at radius 2 is 1.88 bits per heavy atom. The van der Waals surface area contributed by atoms with E-state index < -0.39 is 23.5 Å². The molecule has 0 aromatic carbocycles. The molecule has 0 radical (unpaired) electrons. The van der Waals surface area contributed by atoms with Gasteiger partial charge in [0, 0.05) is 26.2 Å². The van der Waals surface area contributed by atoms with Gasteiger partial charge in [-0.2, -0.15) is 28.6 Å². The molecule has 0 unspecified atom stereocenters. The fourth-order valence-electron chi connectivity index (χ4n) is 1.60. The zero-order valence-corrected chi connectivity index (χ0v) is 8.71. The van der Waals surface area contributed by atoms with E-state index in [1.54, 1.807) is 0 Å². The van der Waals surface area contributed by atoms with Gasteiger partial charge in [0.05, 0.1) is 0 Å². The Balaban J connectivity index is 2.22. The molecular weight excluding hydrogens is 239 g/mol. The van der Waals surface area contributed by atoms with E-state index in [2.05, 4.69) is 15.5 Å². The largest absolute Gasteiger partial charge is 0.437 e. The first kappa shape index (κ1) is 11.8. The Kier molecular flexibility index (Phi) is 3.01. The second-order valence-electron chi connectivity index (χ2n) is 3.56. The summed E-state index contributed by atoms with van der Waals surface area (Å²) >= 11 is 0.